The van der Waals surface area contributed by atoms with E-state index in [2.05, 4.69) is 18.7 Å². The van der Waals surface area contributed by atoms with E-state index in [0.29, 0.717) is 37.7 Å². The summed E-state index contributed by atoms with van der Waals surface area (Å²) in [7, 11) is 0. The van der Waals surface area contributed by atoms with Crippen LogP contribution in [-0.4, -0.2) is 5.78 Å². The molecular weight excluding hydrogens is 272 g/mol. The molecule has 1 unspecified atom stereocenters. The van der Waals surface area contributed by atoms with Crippen molar-refractivity contribution in [2.45, 2.75) is 52.4 Å². The molecule has 22 heavy (non-hydrogen) atoms. The van der Waals surface area contributed by atoms with Crippen LogP contribution in [0.2, 0.25) is 0 Å². The number of allylic oxidation sites excluding steroid dienone is 5. The van der Waals surface area contributed by atoms with Gasteiger partial charge < -0.3 is 0 Å². The number of nitriles is 2. The quantitative estimate of drug-likeness (QED) is 0.643. The Morgan fingerprint density at radius 3 is 2.64 bits per heavy atom. The molecule has 0 saturated heterocycles. The highest BCUT2D eigenvalue weighted by Crippen LogP contribution is 2.48. The summed E-state index contributed by atoms with van der Waals surface area (Å²) in [6.07, 6.45) is 11.2. The molecule has 1 rings (SSSR count). The molecule has 0 aromatic heterocycles. The molecule has 0 spiro atoms. The number of carbonyl (C=O) groups excluding carboxylic acids is 1. The normalized spacial score (nSPS) is 22.0. The monoisotopic (exact) mass is 296 g/mol. The Balaban J connectivity index is 3.23. The molecule has 0 N–H and O–H groups in total. The van der Waals surface area contributed by atoms with Gasteiger partial charge in [-0.2, -0.15) is 10.5 Å². The maximum absolute atomic E-state index is 12.4. The lowest BCUT2D eigenvalue weighted by Gasteiger charge is -2.38. The Labute approximate surface area is 133 Å². The highest BCUT2D eigenvalue weighted by atomic mass is 16.1. The van der Waals surface area contributed by atoms with Crippen molar-refractivity contribution in [2.75, 3.05) is 0 Å². The first-order chi connectivity index (χ1) is 10.5. The summed E-state index contributed by atoms with van der Waals surface area (Å²) in [5.41, 5.74) is -1.34. The summed E-state index contributed by atoms with van der Waals surface area (Å²) < 4.78 is 0. The van der Waals surface area contributed by atoms with Gasteiger partial charge in [0.2, 0.25) is 0 Å². The number of hydrogen-bond donors (Lipinski definition) is 0. The Morgan fingerprint density at radius 2 is 2.09 bits per heavy atom. The zero-order valence-corrected chi connectivity index (χ0v) is 13.6. The molecule has 1 aliphatic carbocycles. The molecule has 0 aromatic rings. The van der Waals surface area contributed by atoms with Gasteiger partial charge in [0.25, 0.3) is 0 Å². The Bertz CT molecular complexity index is 557. The molecule has 0 heterocycles. The Hall–Kier alpha value is -2.13. The average Bonchev–Trinajstić information content (AvgIpc) is 2.52. The summed E-state index contributed by atoms with van der Waals surface area (Å²) in [4.78, 5) is 12.4. The van der Waals surface area contributed by atoms with E-state index < -0.39 is 10.8 Å². The van der Waals surface area contributed by atoms with Crippen LogP contribution in [0.5, 0.6) is 0 Å². The number of rotatable bonds is 7. The number of Topliss-reactive ketones (excluding diaryl/α,β-unsaturated/α-hetero) is 1. The van der Waals surface area contributed by atoms with Crippen LogP contribution in [0.25, 0.3) is 0 Å². The summed E-state index contributed by atoms with van der Waals surface area (Å²) >= 11 is 0. The molecule has 1 atom stereocenters. The molecule has 0 fully saturated rings. The molecular formula is C19H24N2O. The minimum atomic E-state index is -1.23. The van der Waals surface area contributed by atoms with Crippen molar-refractivity contribution in [1.29, 1.82) is 10.5 Å². The number of ketones is 1. The third kappa shape index (κ3) is 3.37. The third-order valence-electron chi connectivity index (χ3n) is 4.41. The summed E-state index contributed by atoms with van der Waals surface area (Å²) in [6.45, 7) is 7.62. The van der Waals surface area contributed by atoms with Gasteiger partial charge in [0.15, 0.2) is 5.41 Å². The first-order valence-electron chi connectivity index (χ1n) is 7.83. The van der Waals surface area contributed by atoms with Crippen LogP contribution in [-0.2, 0) is 4.79 Å². The lowest BCUT2D eigenvalue weighted by Crippen LogP contribution is -2.39. The van der Waals surface area contributed by atoms with Crippen LogP contribution in [0, 0.1) is 33.5 Å². The Morgan fingerprint density at radius 1 is 1.41 bits per heavy atom. The zero-order valence-electron chi connectivity index (χ0n) is 13.6. The van der Waals surface area contributed by atoms with E-state index >= 15 is 0 Å². The second-order valence-corrected chi connectivity index (χ2v) is 5.95. The second-order valence-electron chi connectivity index (χ2n) is 5.95. The first kappa shape index (κ1) is 17.9. The smallest absolute Gasteiger partial charge is 0.165 e. The number of nitrogens with zero attached hydrogens (tertiary/aromatic N) is 2. The fraction of sp³-hybridized carbons (Fsp3) is 0.526. The van der Waals surface area contributed by atoms with Crippen LogP contribution in [0.3, 0.4) is 0 Å². The van der Waals surface area contributed by atoms with E-state index in [4.69, 9.17) is 0 Å². The zero-order chi connectivity index (χ0) is 16.6. The molecule has 0 aromatic carbocycles. The topological polar surface area (TPSA) is 64.7 Å². The van der Waals surface area contributed by atoms with Crippen LogP contribution in [0.15, 0.2) is 36.5 Å². The summed E-state index contributed by atoms with van der Waals surface area (Å²) in [5, 5.41) is 19.4. The predicted molar refractivity (Wildman–Crippen MR) is 87.6 cm³/mol. The van der Waals surface area contributed by atoms with Gasteiger partial charge in [-0.05, 0) is 44.6 Å². The van der Waals surface area contributed by atoms with Gasteiger partial charge in [-0.1, -0.05) is 31.2 Å². The molecule has 0 bridgehead atoms. The van der Waals surface area contributed by atoms with Gasteiger partial charge >= 0.3 is 0 Å². The van der Waals surface area contributed by atoms with Crippen molar-refractivity contribution in [3.8, 4) is 12.1 Å². The van der Waals surface area contributed by atoms with Crippen LogP contribution >= 0.6 is 0 Å². The second kappa shape index (κ2) is 7.76. The van der Waals surface area contributed by atoms with Gasteiger partial charge in [-0.15, -0.1) is 6.58 Å². The maximum atomic E-state index is 12.4. The van der Waals surface area contributed by atoms with Crippen molar-refractivity contribution >= 4 is 5.78 Å². The van der Waals surface area contributed by atoms with Crippen LogP contribution in [0.4, 0.5) is 0 Å². The van der Waals surface area contributed by atoms with Gasteiger partial charge in [-0.25, -0.2) is 0 Å². The highest BCUT2D eigenvalue weighted by molar-refractivity contribution is 5.89. The summed E-state index contributed by atoms with van der Waals surface area (Å²) in [5.74, 6) is 0.101. The fourth-order valence-corrected chi connectivity index (χ4v) is 3.13. The molecule has 0 saturated carbocycles. The molecule has 116 valence electrons. The van der Waals surface area contributed by atoms with E-state index in [9.17, 15) is 15.3 Å². The highest BCUT2D eigenvalue weighted by Gasteiger charge is 2.48. The van der Waals surface area contributed by atoms with Gasteiger partial charge in [0.1, 0.15) is 5.78 Å². The van der Waals surface area contributed by atoms with E-state index in [-0.39, 0.29) is 5.78 Å². The molecule has 1 aliphatic rings. The predicted octanol–water partition coefficient (Wildman–Crippen LogP) is 4.64. The number of hydrogen-bond acceptors (Lipinski definition) is 3. The number of carbonyl (C=O) groups is 1. The van der Waals surface area contributed by atoms with Crippen molar-refractivity contribution in [3.63, 3.8) is 0 Å². The van der Waals surface area contributed by atoms with Crippen molar-refractivity contribution in [2.24, 2.45) is 10.8 Å². The van der Waals surface area contributed by atoms with E-state index in [0.717, 1.165) is 6.42 Å². The molecule has 0 aliphatic heterocycles. The lowest BCUT2D eigenvalue weighted by atomic mass is 9.60. The molecule has 3 nitrogen and oxygen atoms in total. The van der Waals surface area contributed by atoms with Crippen molar-refractivity contribution in [3.05, 3.63) is 36.5 Å². The minimum Gasteiger partial charge on any atom is -0.299 e. The average molecular weight is 296 g/mol. The van der Waals surface area contributed by atoms with Gasteiger partial charge in [-0.3, -0.25) is 4.79 Å². The first-order valence-corrected chi connectivity index (χ1v) is 7.83. The van der Waals surface area contributed by atoms with E-state index in [1.165, 1.54) is 0 Å². The van der Waals surface area contributed by atoms with Gasteiger partial charge in [0, 0.05) is 6.42 Å². The van der Waals surface area contributed by atoms with Gasteiger partial charge in [0.05, 0.1) is 17.6 Å². The fourth-order valence-electron chi connectivity index (χ4n) is 3.13. The van der Waals surface area contributed by atoms with Crippen LogP contribution < -0.4 is 0 Å². The van der Waals surface area contributed by atoms with Crippen LogP contribution in [0.1, 0.15) is 52.4 Å². The minimum absolute atomic E-state index is 0.101. The third-order valence-corrected chi connectivity index (χ3v) is 4.41. The molecule has 0 amide bonds. The molecule has 3 heteroatoms. The lowest BCUT2D eigenvalue weighted by molar-refractivity contribution is -0.126. The largest absolute Gasteiger partial charge is 0.299 e. The maximum Gasteiger partial charge on any atom is 0.165 e. The Kier molecular flexibility index (Phi) is 6.32. The van der Waals surface area contributed by atoms with Crippen molar-refractivity contribution < 1.29 is 4.79 Å². The van der Waals surface area contributed by atoms with E-state index in [1.807, 2.05) is 32.1 Å². The molecule has 0 radical (unpaired) electrons. The van der Waals surface area contributed by atoms with E-state index in [1.54, 1.807) is 6.08 Å². The summed E-state index contributed by atoms with van der Waals surface area (Å²) in [6, 6.07) is 4.39. The SMILES string of the molecule is C=CCC1(C)C(=O)CCC=C1C(C#N)(C#N)CC/C=C\CC. The standard InChI is InChI=1S/C19H24N2O/c1-4-6-7-8-13-19(14-20,15-21)16-10-9-11-17(22)18(16,3)12-5-2/h5-7,10H,2,4,8-9,11-13H2,1,3H3/b7-6-. The van der Waals surface area contributed by atoms with Crippen molar-refractivity contribution in [1.82, 2.24) is 0 Å².